The van der Waals surface area contributed by atoms with Crippen LogP contribution in [0.1, 0.15) is 72.1 Å². The highest BCUT2D eigenvalue weighted by Crippen LogP contribution is 2.27. The third kappa shape index (κ3) is 7.20. The number of ether oxygens (including phenoxy) is 1. The van der Waals surface area contributed by atoms with Crippen molar-refractivity contribution in [2.45, 2.75) is 72.1 Å². The number of nitrogens with zero attached hydrogens (tertiary/aromatic N) is 1. The Hall–Kier alpha value is -1.18. The standard InChI is InChI=1S/C20H35NO/c1-4-7-8-9-10-11-12-15-18-22-20-17-14-13-16-19(20)21(5-2)6-3/h13-14,16-17H,4-12,15,18H2,1-3H3. The molecule has 126 valence electrons. The van der Waals surface area contributed by atoms with Crippen LogP contribution in [-0.2, 0) is 0 Å². The second-order valence-electron chi connectivity index (χ2n) is 5.96. The van der Waals surface area contributed by atoms with Crippen molar-refractivity contribution in [3.63, 3.8) is 0 Å². The predicted molar refractivity (Wildman–Crippen MR) is 98.1 cm³/mol. The van der Waals surface area contributed by atoms with E-state index in [0.717, 1.165) is 25.4 Å². The van der Waals surface area contributed by atoms with Gasteiger partial charge in [-0.3, -0.25) is 0 Å². The molecule has 0 aliphatic rings. The molecule has 0 atom stereocenters. The number of benzene rings is 1. The lowest BCUT2D eigenvalue weighted by molar-refractivity contribution is 0.304. The fourth-order valence-corrected chi connectivity index (χ4v) is 2.82. The van der Waals surface area contributed by atoms with Crippen LogP contribution in [0.4, 0.5) is 5.69 Å². The number of rotatable bonds is 13. The third-order valence-corrected chi connectivity index (χ3v) is 4.22. The van der Waals surface area contributed by atoms with Crippen LogP contribution >= 0.6 is 0 Å². The summed E-state index contributed by atoms with van der Waals surface area (Å²) in [6.07, 6.45) is 10.7. The SMILES string of the molecule is CCCCCCCCCCOc1ccccc1N(CC)CC. The molecule has 0 fully saturated rings. The number of para-hydroxylation sites is 2. The van der Waals surface area contributed by atoms with E-state index in [-0.39, 0.29) is 0 Å². The lowest BCUT2D eigenvalue weighted by atomic mass is 10.1. The Labute approximate surface area is 137 Å². The van der Waals surface area contributed by atoms with Crippen LogP contribution in [0.2, 0.25) is 0 Å². The van der Waals surface area contributed by atoms with Gasteiger partial charge in [0.15, 0.2) is 0 Å². The summed E-state index contributed by atoms with van der Waals surface area (Å²) in [5, 5.41) is 0. The summed E-state index contributed by atoms with van der Waals surface area (Å²) in [5.41, 5.74) is 1.23. The fraction of sp³-hybridized carbons (Fsp3) is 0.700. The number of hydrogen-bond donors (Lipinski definition) is 0. The third-order valence-electron chi connectivity index (χ3n) is 4.22. The topological polar surface area (TPSA) is 12.5 Å². The van der Waals surface area contributed by atoms with Crippen LogP contribution in [0.25, 0.3) is 0 Å². The van der Waals surface area contributed by atoms with Crippen LogP contribution in [0.3, 0.4) is 0 Å². The second kappa shape index (κ2) is 12.4. The first-order valence-corrected chi connectivity index (χ1v) is 9.30. The van der Waals surface area contributed by atoms with Crippen molar-refractivity contribution in [2.24, 2.45) is 0 Å². The normalized spacial score (nSPS) is 10.7. The largest absolute Gasteiger partial charge is 0.491 e. The molecule has 0 aliphatic carbocycles. The first-order chi connectivity index (χ1) is 10.8. The molecular formula is C20H35NO. The molecule has 0 saturated heterocycles. The Morgan fingerprint density at radius 2 is 1.36 bits per heavy atom. The molecule has 0 aromatic heterocycles. The van der Waals surface area contributed by atoms with Gasteiger partial charge in [-0.05, 0) is 32.4 Å². The van der Waals surface area contributed by atoms with Crippen molar-refractivity contribution in [2.75, 3.05) is 24.6 Å². The average Bonchev–Trinajstić information content (AvgIpc) is 2.55. The smallest absolute Gasteiger partial charge is 0.142 e. The van der Waals surface area contributed by atoms with Gasteiger partial charge in [-0.25, -0.2) is 0 Å². The molecule has 0 aliphatic heterocycles. The molecule has 0 radical (unpaired) electrons. The first kappa shape index (κ1) is 18.9. The highest BCUT2D eigenvalue weighted by molar-refractivity contribution is 5.58. The van der Waals surface area contributed by atoms with Gasteiger partial charge < -0.3 is 9.64 Å². The number of anilines is 1. The maximum absolute atomic E-state index is 6.03. The van der Waals surface area contributed by atoms with Crippen LogP contribution in [0.15, 0.2) is 24.3 Å². The zero-order valence-corrected chi connectivity index (χ0v) is 14.9. The Bertz CT molecular complexity index is 374. The molecule has 2 heteroatoms. The summed E-state index contributed by atoms with van der Waals surface area (Å²) in [5.74, 6) is 1.04. The molecule has 0 heterocycles. The second-order valence-corrected chi connectivity index (χ2v) is 5.96. The minimum absolute atomic E-state index is 0.841. The van der Waals surface area contributed by atoms with Crippen molar-refractivity contribution in [3.05, 3.63) is 24.3 Å². The minimum Gasteiger partial charge on any atom is -0.491 e. The molecule has 0 spiro atoms. The van der Waals surface area contributed by atoms with Crippen LogP contribution in [0.5, 0.6) is 5.75 Å². The molecular weight excluding hydrogens is 270 g/mol. The molecule has 0 saturated carbocycles. The highest BCUT2D eigenvalue weighted by Gasteiger charge is 2.08. The quantitative estimate of drug-likeness (QED) is 0.411. The molecule has 0 bridgehead atoms. The van der Waals surface area contributed by atoms with Crippen molar-refractivity contribution in [1.82, 2.24) is 0 Å². The minimum atomic E-state index is 0.841. The van der Waals surface area contributed by atoms with Crippen molar-refractivity contribution in [3.8, 4) is 5.75 Å². The first-order valence-electron chi connectivity index (χ1n) is 9.30. The average molecular weight is 306 g/mol. The van der Waals surface area contributed by atoms with Gasteiger partial charge in [0.05, 0.1) is 12.3 Å². The molecule has 1 rings (SSSR count). The molecule has 0 N–H and O–H groups in total. The predicted octanol–water partition coefficient (Wildman–Crippen LogP) is 6.05. The van der Waals surface area contributed by atoms with E-state index < -0.39 is 0 Å². The molecule has 0 amide bonds. The number of hydrogen-bond acceptors (Lipinski definition) is 2. The molecule has 22 heavy (non-hydrogen) atoms. The summed E-state index contributed by atoms with van der Waals surface area (Å²) in [6.45, 7) is 9.54. The Morgan fingerprint density at radius 3 is 2.00 bits per heavy atom. The Balaban J connectivity index is 2.22. The van der Waals surface area contributed by atoms with Gasteiger partial charge in [-0.2, -0.15) is 0 Å². The molecule has 2 nitrogen and oxygen atoms in total. The lowest BCUT2D eigenvalue weighted by Crippen LogP contribution is -2.22. The van der Waals surface area contributed by atoms with Gasteiger partial charge >= 0.3 is 0 Å². The monoisotopic (exact) mass is 305 g/mol. The van der Waals surface area contributed by atoms with Crippen LogP contribution < -0.4 is 9.64 Å². The summed E-state index contributed by atoms with van der Waals surface area (Å²) >= 11 is 0. The van der Waals surface area contributed by atoms with Gasteiger partial charge in [0.1, 0.15) is 5.75 Å². The fourth-order valence-electron chi connectivity index (χ4n) is 2.82. The summed E-state index contributed by atoms with van der Waals surface area (Å²) in [4.78, 5) is 2.35. The molecule has 0 unspecified atom stereocenters. The van der Waals surface area contributed by atoms with Crippen LogP contribution in [0, 0.1) is 0 Å². The van der Waals surface area contributed by atoms with E-state index in [4.69, 9.17) is 4.74 Å². The van der Waals surface area contributed by atoms with Crippen molar-refractivity contribution >= 4 is 5.69 Å². The van der Waals surface area contributed by atoms with E-state index in [1.807, 2.05) is 0 Å². The summed E-state index contributed by atoms with van der Waals surface area (Å²) < 4.78 is 6.03. The summed E-state index contributed by atoms with van der Waals surface area (Å²) in [6, 6.07) is 8.42. The van der Waals surface area contributed by atoms with Gasteiger partial charge in [-0.1, -0.05) is 64.0 Å². The van der Waals surface area contributed by atoms with E-state index in [1.54, 1.807) is 0 Å². The van der Waals surface area contributed by atoms with Crippen LogP contribution in [-0.4, -0.2) is 19.7 Å². The van der Waals surface area contributed by atoms with Crippen molar-refractivity contribution < 1.29 is 4.74 Å². The zero-order valence-electron chi connectivity index (χ0n) is 14.9. The maximum Gasteiger partial charge on any atom is 0.142 e. The zero-order chi connectivity index (χ0) is 16.0. The summed E-state index contributed by atoms with van der Waals surface area (Å²) in [7, 11) is 0. The van der Waals surface area contributed by atoms with Gasteiger partial charge in [-0.15, -0.1) is 0 Å². The van der Waals surface area contributed by atoms with E-state index in [2.05, 4.69) is 49.9 Å². The highest BCUT2D eigenvalue weighted by atomic mass is 16.5. The Kier molecular flexibility index (Phi) is 10.6. The van der Waals surface area contributed by atoms with Gasteiger partial charge in [0.25, 0.3) is 0 Å². The number of unbranched alkanes of at least 4 members (excludes halogenated alkanes) is 7. The lowest BCUT2D eigenvalue weighted by Gasteiger charge is -2.23. The molecule has 1 aromatic rings. The van der Waals surface area contributed by atoms with E-state index in [9.17, 15) is 0 Å². The maximum atomic E-state index is 6.03. The molecule has 1 aromatic carbocycles. The van der Waals surface area contributed by atoms with Crippen molar-refractivity contribution in [1.29, 1.82) is 0 Å². The van der Waals surface area contributed by atoms with E-state index in [0.29, 0.717) is 0 Å². The van der Waals surface area contributed by atoms with E-state index in [1.165, 1.54) is 57.1 Å². The van der Waals surface area contributed by atoms with Gasteiger partial charge in [0, 0.05) is 13.1 Å². The Morgan fingerprint density at radius 1 is 0.773 bits per heavy atom. The van der Waals surface area contributed by atoms with Gasteiger partial charge in [0.2, 0.25) is 0 Å². The van der Waals surface area contributed by atoms with E-state index >= 15 is 0 Å².